The van der Waals surface area contributed by atoms with Crippen LogP contribution in [0.1, 0.15) is 33.3 Å². The Morgan fingerprint density at radius 1 is 0.925 bits per heavy atom. The Labute approximate surface area is 240 Å². The fourth-order valence-corrected chi connectivity index (χ4v) is 5.44. The van der Waals surface area contributed by atoms with Crippen LogP contribution < -0.4 is 4.90 Å². The maximum Gasteiger partial charge on any atom is 0.303 e. The molecule has 0 radical (unpaired) electrons. The lowest BCUT2D eigenvalue weighted by Crippen LogP contribution is -2.66. The van der Waals surface area contributed by atoms with E-state index in [1.807, 2.05) is 43.3 Å². The predicted molar refractivity (Wildman–Crippen MR) is 148 cm³/mol. The minimum atomic E-state index is -1.44. The Balaban J connectivity index is 2.03. The molecule has 2 heterocycles. The van der Waals surface area contributed by atoms with Crippen molar-refractivity contribution in [2.75, 3.05) is 25.6 Å². The molecule has 14 heteroatoms. The predicted octanol–water partition coefficient (Wildman–Crippen LogP) is 2.04. The Kier molecular flexibility index (Phi) is 10.3. The molecule has 0 bridgehead atoms. The molecule has 2 aliphatic heterocycles. The molecule has 40 heavy (non-hydrogen) atoms. The molecule has 0 unspecified atom stereocenters. The van der Waals surface area contributed by atoms with Crippen LogP contribution in [0.3, 0.4) is 0 Å². The molecule has 216 valence electrons. The molecule has 2 aliphatic rings. The summed E-state index contributed by atoms with van der Waals surface area (Å²) in [5.41, 5.74) is 1.72. The first-order valence-electron chi connectivity index (χ1n) is 12.1. The molecule has 1 aromatic rings. The number of hydrogen-bond acceptors (Lipinski definition) is 13. The molecule has 0 aromatic heterocycles. The van der Waals surface area contributed by atoms with Gasteiger partial charge in [0.1, 0.15) is 12.7 Å². The number of rotatable bonds is 8. The maximum atomic E-state index is 13.6. The maximum absolute atomic E-state index is 13.6. The highest BCUT2D eigenvalue weighted by atomic mass is 32.2. The van der Waals surface area contributed by atoms with Crippen LogP contribution in [0.4, 0.5) is 5.69 Å². The monoisotopic (exact) mass is 594 g/mol. The van der Waals surface area contributed by atoms with Gasteiger partial charge in [0.15, 0.2) is 28.9 Å². The van der Waals surface area contributed by atoms with Gasteiger partial charge in [0, 0.05) is 47.5 Å². The summed E-state index contributed by atoms with van der Waals surface area (Å²) in [5, 5.41) is 0. The van der Waals surface area contributed by atoms with Gasteiger partial charge in [0.2, 0.25) is 0 Å². The van der Waals surface area contributed by atoms with E-state index in [-0.39, 0.29) is 9.23 Å². The molecular weight excluding hydrogens is 564 g/mol. The van der Waals surface area contributed by atoms with Crippen LogP contribution >= 0.6 is 24.0 Å². The van der Waals surface area contributed by atoms with Crippen LogP contribution in [0.5, 0.6) is 0 Å². The summed E-state index contributed by atoms with van der Waals surface area (Å²) in [6.07, 6.45) is -5.16. The average Bonchev–Trinajstić information content (AvgIpc) is 3.12. The second kappa shape index (κ2) is 13.2. The molecule has 0 spiro atoms. The minimum absolute atomic E-state index is 0.0852. The lowest BCUT2D eigenvalue weighted by molar-refractivity contribution is -0.268. The summed E-state index contributed by atoms with van der Waals surface area (Å²) in [5.74, 6) is -3.52. The third-order valence-corrected chi connectivity index (χ3v) is 7.08. The second-order valence-corrected chi connectivity index (χ2v) is 10.8. The van der Waals surface area contributed by atoms with Gasteiger partial charge in [0.25, 0.3) is 5.91 Å². The van der Waals surface area contributed by atoms with Gasteiger partial charge in [-0.2, -0.15) is 0 Å². The highest BCUT2D eigenvalue weighted by Crippen LogP contribution is 2.39. The molecule has 5 atom stereocenters. The van der Waals surface area contributed by atoms with Crippen molar-refractivity contribution >= 4 is 69.8 Å². The summed E-state index contributed by atoms with van der Waals surface area (Å²) in [4.78, 5) is 64.6. The topological polar surface area (TPSA) is 138 Å². The molecule has 12 nitrogen and oxygen atoms in total. The van der Waals surface area contributed by atoms with Gasteiger partial charge in [-0.3, -0.25) is 28.9 Å². The molecule has 3 rings (SSSR count). The fourth-order valence-electron chi connectivity index (χ4n) is 4.13. The van der Waals surface area contributed by atoms with Gasteiger partial charge in [-0.25, -0.2) is 0 Å². The summed E-state index contributed by atoms with van der Waals surface area (Å²) >= 11 is 6.51. The molecule has 2 fully saturated rings. The SMILES string of the molecule is CC(=O)OC[C@@H]1O[C@@H](N2C(=O)/C(=C\c3ccc(N(C)C)cc3)SC2=S)[C@@H](OC(C)=O)[C@@H](OC(C)=O)[C@H]1OC(C)=O. The van der Waals surface area contributed by atoms with Gasteiger partial charge in [-0.05, 0) is 23.8 Å². The third-order valence-electron chi connectivity index (χ3n) is 5.75. The van der Waals surface area contributed by atoms with E-state index in [4.69, 9.17) is 35.9 Å². The highest BCUT2D eigenvalue weighted by Gasteiger charge is 2.56. The van der Waals surface area contributed by atoms with Crippen LogP contribution in [0, 0.1) is 0 Å². The van der Waals surface area contributed by atoms with Crippen molar-refractivity contribution in [2.24, 2.45) is 0 Å². The van der Waals surface area contributed by atoms with Crippen molar-refractivity contribution in [2.45, 2.75) is 58.3 Å². The van der Waals surface area contributed by atoms with E-state index in [1.54, 1.807) is 6.08 Å². The van der Waals surface area contributed by atoms with Crippen LogP contribution in [0.2, 0.25) is 0 Å². The molecular formula is C26H30N2O10S2. The zero-order chi connectivity index (χ0) is 29.7. The Morgan fingerprint density at radius 3 is 2.00 bits per heavy atom. The van der Waals surface area contributed by atoms with Crippen LogP contribution in [0.15, 0.2) is 29.2 Å². The standard InChI is InChI=1S/C26H30N2O10S2/c1-13(29)34-12-19-21(35-14(2)30)22(36-15(3)31)23(37-16(4)32)25(38-19)28-24(33)20(40-26(28)39)11-17-7-9-18(10-8-17)27(5)6/h7-11,19,21-23,25H,12H2,1-6H3/b20-11+/t19-,21-,22-,23-,25+/m0/s1. The molecule has 1 aromatic carbocycles. The lowest BCUT2D eigenvalue weighted by atomic mass is 9.96. The van der Waals surface area contributed by atoms with Crippen molar-refractivity contribution in [3.8, 4) is 0 Å². The first kappa shape index (κ1) is 31.0. The van der Waals surface area contributed by atoms with Gasteiger partial charge in [-0.1, -0.05) is 36.1 Å². The number of hydrogen-bond donors (Lipinski definition) is 0. The number of amides is 1. The zero-order valence-corrected chi connectivity index (χ0v) is 24.4. The van der Waals surface area contributed by atoms with E-state index < -0.39 is 67.0 Å². The van der Waals surface area contributed by atoms with Crippen molar-refractivity contribution in [3.05, 3.63) is 34.7 Å². The summed E-state index contributed by atoms with van der Waals surface area (Å²) < 4.78 is 27.6. The number of anilines is 1. The van der Waals surface area contributed by atoms with Crippen molar-refractivity contribution in [1.82, 2.24) is 4.90 Å². The van der Waals surface area contributed by atoms with Gasteiger partial charge in [0.05, 0.1) is 4.91 Å². The first-order chi connectivity index (χ1) is 18.8. The van der Waals surface area contributed by atoms with E-state index in [0.29, 0.717) is 0 Å². The third kappa shape index (κ3) is 7.58. The smallest absolute Gasteiger partial charge is 0.303 e. The average molecular weight is 595 g/mol. The quantitative estimate of drug-likeness (QED) is 0.188. The number of esters is 4. The Hall–Kier alpha value is -3.49. The molecule has 2 saturated heterocycles. The lowest BCUT2D eigenvalue weighted by Gasteiger charge is -2.46. The zero-order valence-electron chi connectivity index (χ0n) is 22.8. The number of carbonyl (C=O) groups is 5. The second-order valence-electron chi connectivity index (χ2n) is 9.13. The summed E-state index contributed by atoms with van der Waals surface area (Å²) in [6.45, 7) is 4.11. The Bertz CT molecular complexity index is 1220. The van der Waals surface area contributed by atoms with E-state index >= 15 is 0 Å². The number of thioether (sulfide) groups is 1. The van der Waals surface area contributed by atoms with Crippen molar-refractivity contribution in [3.63, 3.8) is 0 Å². The number of thiocarbonyl (C=S) groups is 1. The summed E-state index contributed by atoms with van der Waals surface area (Å²) in [7, 11) is 3.82. The molecule has 0 saturated carbocycles. The number of nitrogens with zero attached hydrogens (tertiary/aromatic N) is 2. The Morgan fingerprint density at radius 2 is 1.48 bits per heavy atom. The van der Waals surface area contributed by atoms with E-state index in [0.717, 1.165) is 48.7 Å². The minimum Gasteiger partial charge on any atom is -0.463 e. The van der Waals surface area contributed by atoms with Crippen LogP contribution in [-0.2, 0) is 47.7 Å². The van der Waals surface area contributed by atoms with Crippen molar-refractivity contribution < 1.29 is 47.7 Å². The number of carbonyl (C=O) groups excluding carboxylic acids is 5. The fraction of sp³-hybridized carbons (Fsp3) is 0.462. The molecule has 0 N–H and O–H groups in total. The molecule has 0 aliphatic carbocycles. The molecule has 1 amide bonds. The van der Waals surface area contributed by atoms with Gasteiger partial charge in [-0.15, -0.1) is 0 Å². The van der Waals surface area contributed by atoms with Crippen LogP contribution in [0.25, 0.3) is 6.08 Å². The van der Waals surface area contributed by atoms with E-state index in [1.165, 1.54) is 6.92 Å². The van der Waals surface area contributed by atoms with Gasteiger partial charge >= 0.3 is 23.9 Å². The largest absolute Gasteiger partial charge is 0.463 e. The number of ether oxygens (including phenoxy) is 5. The van der Waals surface area contributed by atoms with Gasteiger partial charge < -0.3 is 28.6 Å². The first-order valence-corrected chi connectivity index (χ1v) is 13.4. The number of benzene rings is 1. The van der Waals surface area contributed by atoms with Crippen molar-refractivity contribution in [1.29, 1.82) is 0 Å². The highest BCUT2D eigenvalue weighted by molar-refractivity contribution is 8.26. The van der Waals surface area contributed by atoms with Crippen LogP contribution in [-0.4, -0.2) is 90.4 Å². The van der Waals surface area contributed by atoms with E-state index in [2.05, 4.69) is 0 Å². The normalized spacial score (nSPS) is 25.4. The van der Waals surface area contributed by atoms with E-state index in [9.17, 15) is 24.0 Å². The summed E-state index contributed by atoms with van der Waals surface area (Å²) in [6, 6.07) is 7.48.